The fourth-order valence-corrected chi connectivity index (χ4v) is 1.77. The lowest BCUT2D eigenvalue weighted by Gasteiger charge is -2.11. The van der Waals surface area contributed by atoms with Gasteiger partial charge in [0.15, 0.2) is 0 Å². The fraction of sp³-hybridized carbons (Fsp3) is 0.133. The molecule has 0 bridgehead atoms. The number of halogens is 5. The zero-order valence-corrected chi connectivity index (χ0v) is 12.0. The van der Waals surface area contributed by atoms with E-state index in [9.17, 15) is 26.7 Å². The lowest BCUT2D eigenvalue weighted by Crippen LogP contribution is -2.28. The van der Waals surface area contributed by atoms with Crippen molar-refractivity contribution in [3.8, 4) is 5.75 Å². The Morgan fingerprint density at radius 1 is 1.04 bits per heavy atom. The van der Waals surface area contributed by atoms with E-state index in [2.05, 4.69) is 15.4 Å². The minimum absolute atomic E-state index is 0.0425. The van der Waals surface area contributed by atoms with Gasteiger partial charge >= 0.3 is 12.4 Å². The molecular formula is C15H11F5N2O2. The summed E-state index contributed by atoms with van der Waals surface area (Å²) in [6, 6.07) is 6.53. The van der Waals surface area contributed by atoms with Gasteiger partial charge in [0, 0.05) is 17.8 Å². The summed E-state index contributed by atoms with van der Waals surface area (Å²) in [4.78, 5) is 11.6. The van der Waals surface area contributed by atoms with E-state index in [4.69, 9.17) is 0 Å². The van der Waals surface area contributed by atoms with Crippen LogP contribution in [-0.2, 0) is 6.54 Å². The Labute approximate surface area is 133 Å². The summed E-state index contributed by atoms with van der Waals surface area (Å²) < 4.78 is 66.1. The van der Waals surface area contributed by atoms with Gasteiger partial charge in [0.25, 0.3) is 0 Å². The van der Waals surface area contributed by atoms with E-state index in [1.54, 1.807) is 0 Å². The smallest absolute Gasteiger partial charge is 0.406 e. The Morgan fingerprint density at radius 2 is 1.71 bits per heavy atom. The number of hydrogen-bond donors (Lipinski definition) is 2. The Kier molecular flexibility index (Phi) is 5.22. The fourth-order valence-electron chi connectivity index (χ4n) is 1.77. The summed E-state index contributed by atoms with van der Waals surface area (Å²) in [7, 11) is 0. The van der Waals surface area contributed by atoms with E-state index in [0.717, 1.165) is 30.3 Å². The summed E-state index contributed by atoms with van der Waals surface area (Å²) in [6.07, 6.45) is -4.80. The zero-order valence-electron chi connectivity index (χ0n) is 12.0. The molecule has 0 aliphatic carbocycles. The normalized spacial score (nSPS) is 11.0. The van der Waals surface area contributed by atoms with Crippen molar-refractivity contribution >= 4 is 11.7 Å². The van der Waals surface area contributed by atoms with Crippen LogP contribution in [0.3, 0.4) is 0 Å². The van der Waals surface area contributed by atoms with Crippen molar-refractivity contribution < 1.29 is 31.5 Å². The number of benzene rings is 2. The largest absolute Gasteiger partial charge is 0.573 e. The summed E-state index contributed by atoms with van der Waals surface area (Å²) in [5.41, 5.74) is 0.154. The molecule has 128 valence electrons. The van der Waals surface area contributed by atoms with E-state index in [1.807, 2.05) is 0 Å². The molecular weight excluding hydrogens is 335 g/mol. The SMILES string of the molecule is O=C(NCc1cc(F)ccc1F)Nc1ccc(OC(F)(F)F)cc1. The number of carbonyl (C=O) groups excluding carboxylic acids is 1. The minimum Gasteiger partial charge on any atom is -0.406 e. The first-order chi connectivity index (χ1) is 11.2. The number of hydrogen-bond acceptors (Lipinski definition) is 2. The van der Waals surface area contributed by atoms with Crippen molar-refractivity contribution in [1.82, 2.24) is 5.32 Å². The van der Waals surface area contributed by atoms with Crippen molar-refractivity contribution in [2.24, 2.45) is 0 Å². The van der Waals surface area contributed by atoms with E-state index in [0.29, 0.717) is 0 Å². The van der Waals surface area contributed by atoms with Gasteiger partial charge in [-0.05, 0) is 42.5 Å². The van der Waals surface area contributed by atoms with Crippen molar-refractivity contribution in [3.05, 3.63) is 59.7 Å². The molecule has 9 heteroatoms. The Balaban J connectivity index is 1.89. The van der Waals surface area contributed by atoms with Crippen molar-refractivity contribution in [1.29, 1.82) is 0 Å². The highest BCUT2D eigenvalue weighted by Crippen LogP contribution is 2.23. The van der Waals surface area contributed by atoms with Gasteiger partial charge < -0.3 is 15.4 Å². The summed E-state index contributed by atoms with van der Waals surface area (Å²) in [6.45, 7) is -0.259. The van der Waals surface area contributed by atoms with Crippen LogP contribution < -0.4 is 15.4 Å². The molecule has 0 spiro atoms. The number of rotatable bonds is 4. The molecule has 0 saturated carbocycles. The topological polar surface area (TPSA) is 50.4 Å². The molecule has 0 aliphatic rings. The second-order valence-corrected chi connectivity index (χ2v) is 4.62. The van der Waals surface area contributed by atoms with Gasteiger partial charge in [-0.2, -0.15) is 0 Å². The predicted molar refractivity (Wildman–Crippen MR) is 75.3 cm³/mol. The van der Waals surface area contributed by atoms with Crippen LogP contribution in [0.15, 0.2) is 42.5 Å². The first-order valence-corrected chi connectivity index (χ1v) is 6.57. The molecule has 0 fully saturated rings. The van der Waals surface area contributed by atoms with Crippen molar-refractivity contribution in [2.75, 3.05) is 5.32 Å². The number of urea groups is 1. The Bertz CT molecular complexity index is 717. The van der Waals surface area contributed by atoms with Gasteiger partial charge in [0.1, 0.15) is 17.4 Å². The van der Waals surface area contributed by atoms with Crippen LogP contribution in [0.5, 0.6) is 5.75 Å². The molecule has 0 saturated heterocycles. The third-order valence-corrected chi connectivity index (χ3v) is 2.79. The van der Waals surface area contributed by atoms with Crippen LogP contribution in [0.25, 0.3) is 0 Å². The summed E-state index contributed by atoms with van der Waals surface area (Å²) >= 11 is 0. The van der Waals surface area contributed by atoms with Crippen molar-refractivity contribution in [3.63, 3.8) is 0 Å². The molecule has 2 aromatic rings. The zero-order chi connectivity index (χ0) is 17.7. The molecule has 0 radical (unpaired) electrons. The molecule has 2 aromatic carbocycles. The number of alkyl halides is 3. The van der Waals surface area contributed by atoms with Crippen molar-refractivity contribution in [2.45, 2.75) is 12.9 Å². The van der Waals surface area contributed by atoms with Gasteiger partial charge in [0.05, 0.1) is 0 Å². The summed E-state index contributed by atoms with van der Waals surface area (Å²) in [5, 5.41) is 4.63. The summed E-state index contributed by atoms with van der Waals surface area (Å²) in [5.74, 6) is -1.76. The highest BCUT2D eigenvalue weighted by molar-refractivity contribution is 5.89. The number of nitrogens with one attached hydrogen (secondary N) is 2. The standard InChI is InChI=1S/C15H11F5N2O2/c16-10-1-6-13(17)9(7-10)8-21-14(23)22-11-2-4-12(5-3-11)24-15(18,19)20/h1-7H,8H2,(H2,21,22,23). The molecule has 0 atom stereocenters. The van der Waals surface area contributed by atoms with Gasteiger partial charge in [-0.3, -0.25) is 0 Å². The Hall–Kier alpha value is -2.84. The highest BCUT2D eigenvalue weighted by Gasteiger charge is 2.30. The molecule has 24 heavy (non-hydrogen) atoms. The molecule has 0 unspecified atom stereocenters. The maximum Gasteiger partial charge on any atom is 0.573 e. The minimum atomic E-state index is -4.80. The molecule has 2 rings (SSSR count). The van der Waals surface area contributed by atoms with E-state index < -0.39 is 29.8 Å². The second kappa shape index (κ2) is 7.16. The van der Waals surface area contributed by atoms with Crippen LogP contribution in [-0.4, -0.2) is 12.4 Å². The Morgan fingerprint density at radius 3 is 2.33 bits per heavy atom. The van der Waals surface area contributed by atoms with Gasteiger partial charge in [-0.25, -0.2) is 13.6 Å². The quantitative estimate of drug-likeness (QED) is 0.816. The van der Waals surface area contributed by atoms with E-state index in [-0.39, 0.29) is 17.8 Å². The molecule has 4 nitrogen and oxygen atoms in total. The van der Waals surface area contributed by atoms with Gasteiger partial charge in [-0.1, -0.05) is 0 Å². The number of ether oxygens (including phenoxy) is 1. The van der Waals surface area contributed by atoms with Crippen LogP contribution in [0.4, 0.5) is 32.4 Å². The van der Waals surface area contributed by atoms with Crippen LogP contribution >= 0.6 is 0 Å². The molecule has 0 aliphatic heterocycles. The third kappa shape index (κ3) is 5.41. The molecule has 0 heterocycles. The number of amides is 2. The second-order valence-electron chi connectivity index (χ2n) is 4.62. The number of anilines is 1. The first kappa shape index (κ1) is 17.5. The highest BCUT2D eigenvalue weighted by atomic mass is 19.4. The monoisotopic (exact) mass is 346 g/mol. The number of carbonyl (C=O) groups is 1. The van der Waals surface area contributed by atoms with Crippen LogP contribution in [0, 0.1) is 11.6 Å². The van der Waals surface area contributed by atoms with E-state index >= 15 is 0 Å². The van der Waals surface area contributed by atoms with Crippen LogP contribution in [0.1, 0.15) is 5.56 Å². The third-order valence-electron chi connectivity index (χ3n) is 2.79. The van der Waals surface area contributed by atoms with Gasteiger partial charge in [0.2, 0.25) is 0 Å². The first-order valence-electron chi connectivity index (χ1n) is 6.57. The maximum absolute atomic E-state index is 13.4. The average molecular weight is 346 g/mol. The lowest BCUT2D eigenvalue weighted by molar-refractivity contribution is -0.274. The predicted octanol–water partition coefficient (Wildman–Crippen LogP) is 4.19. The molecule has 2 N–H and O–H groups in total. The lowest BCUT2D eigenvalue weighted by atomic mass is 10.2. The average Bonchev–Trinajstić information content (AvgIpc) is 2.49. The van der Waals surface area contributed by atoms with E-state index in [1.165, 1.54) is 12.1 Å². The molecule has 0 aromatic heterocycles. The van der Waals surface area contributed by atoms with Gasteiger partial charge in [-0.15, -0.1) is 13.2 Å². The van der Waals surface area contributed by atoms with Crippen LogP contribution in [0.2, 0.25) is 0 Å². The molecule has 2 amide bonds. The maximum atomic E-state index is 13.4.